The van der Waals surface area contributed by atoms with E-state index in [0.29, 0.717) is 21.5 Å². The summed E-state index contributed by atoms with van der Waals surface area (Å²) in [6, 6.07) is 7.49. The number of hydrogen-bond acceptors (Lipinski definition) is 6. The van der Waals surface area contributed by atoms with E-state index in [1.807, 2.05) is 36.6 Å². The van der Waals surface area contributed by atoms with E-state index in [1.54, 1.807) is 14.2 Å². The van der Waals surface area contributed by atoms with Gasteiger partial charge in [0, 0.05) is 14.9 Å². The fourth-order valence-corrected chi connectivity index (χ4v) is 4.59. The Hall–Kier alpha value is -1.90. The molecule has 1 amide bonds. The number of carbonyl (C=O) groups excluding carboxylic acids is 1. The van der Waals surface area contributed by atoms with Crippen molar-refractivity contribution in [3.63, 3.8) is 0 Å². The highest BCUT2D eigenvalue weighted by molar-refractivity contribution is 9.10. The number of halogens is 1. The second kappa shape index (κ2) is 7.55. The van der Waals surface area contributed by atoms with Crippen LogP contribution in [0.2, 0.25) is 0 Å². The number of nitrogens with zero attached hydrogens (tertiary/aromatic N) is 1. The van der Waals surface area contributed by atoms with Crippen LogP contribution in [0.4, 0.5) is 5.13 Å². The van der Waals surface area contributed by atoms with Crippen molar-refractivity contribution in [3.8, 4) is 22.8 Å². The number of carbonyl (C=O) groups is 1. The van der Waals surface area contributed by atoms with Crippen LogP contribution in [0.1, 0.15) is 14.5 Å². The van der Waals surface area contributed by atoms with Gasteiger partial charge in [-0.15, -0.1) is 22.7 Å². The number of aromatic nitrogens is 1. The van der Waals surface area contributed by atoms with Crippen LogP contribution in [0.15, 0.2) is 34.1 Å². The van der Waals surface area contributed by atoms with Gasteiger partial charge in [0.1, 0.15) is 4.88 Å². The molecule has 25 heavy (non-hydrogen) atoms. The highest BCUT2D eigenvalue weighted by Crippen LogP contribution is 2.36. The van der Waals surface area contributed by atoms with E-state index < -0.39 is 0 Å². The van der Waals surface area contributed by atoms with Crippen LogP contribution in [0.5, 0.6) is 11.5 Å². The van der Waals surface area contributed by atoms with Crippen LogP contribution < -0.4 is 14.8 Å². The molecule has 0 unspecified atom stereocenters. The molecule has 8 heteroatoms. The summed E-state index contributed by atoms with van der Waals surface area (Å²) < 4.78 is 11.4. The Morgan fingerprint density at radius 3 is 2.60 bits per heavy atom. The Kier molecular flexibility index (Phi) is 5.41. The molecule has 1 N–H and O–H groups in total. The Balaban J connectivity index is 1.88. The lowest BCUT2D eigenvalue weighted by Gasteiger charge is -2.08. The summed E-state index contributed by atoms with van der Waals surface area (Å²) in [5, 5.41) is 5.29. The lowest BCUT2D eigenvalue weighted by Crippen LogP contribution is -2.10. The largest absolute Gasteiger partial charge is 0.493 e. The number of thiazole rings is 1. The lowest BCUT2D eigenvalue weighted by atomic mass is 10.1. The Morgan fingerprint density at radius 2 is 1.96 bits per heavy atom. The van der Waals surface area contributed by atoms with E-state index in [1.165, 1.54) is 22.7 Å². The van der Waals surface area contributed by atoms with Gasteiger partial charge in [-0.1, -0.05) is 0 Å². The summed E-state index contributed by atoms with van der Waals surface area (Å²) in [6.45, 7) is 1.97. The van der Waals surface area contributed by atoms with Crippen LogP contribution in [0, 0.1) is 6.92 Å². The fraction of sp³-hybridized carbons (Fsp3) is 0.176. The highest BCUT2D eigenvalue weighted by atomic mass is 79.9. The maximum absolute atomic E-state index is 12.3. The summed E-state index contributed by atoms with van der Waals surface area (Å²) in [5.74, 6) is 1.13. The highest BCUT2D eigenvalue weighted by Gasteiger charge is 2.17. The van der Waals surface area contributed by atoms with Crippen molar-refractivity contribution in [2.24, 2.45) is 0 Å². The van der Waals surface area contributed by atoms with E-state index in [-0.39, 0.29) is 5.91 Å². The van der Waals surface area contributed by atoms with Gasteiger partial charge >= 0.3 is 0 Å². The van der Waals surface area contributed by atoms with Gasteiger partial charge in [0.15, 0.2) is 16.6 Å². The van der Waals surface area contributed by atoms with Crippen molar-refractivity contribution in [3.05, 3.63) is 43.9 Å². The molecule has 0 aliphatic carbocycles. The molecule has 0 aliphatic rings. The summed E-state index contributed by atoms with van der Waals surface area (Å²) >= 11 is 6.19. The van der Waals surface area contributed by atoms with Crippen molar-refractivity contribution in [1.82, 2.24) is 4.98 Å². The second-order valence-electron chi connectivity index (χ2n) is 5.05. The number of rotatable bonds is 5. The molecule has 0 saturated carbocycles. The molecular formula is C17H15BrN2O3S2. The average molecular weight is 439 g/mol. The average Bonchev–Trinajstić information content (AvgIpc) is 3.19. The zero-order valence-corrected chi connectivity index (χ0v) is 17.0. The number of nitrogens with one attached hydrogen (secondary N) is 1. The van der Waals surface area contributed by atoms with E-state index in [0.717, 1.165) is 20.6 Å². The Morgan fingerprint density at radius 1 is 1.20 bits per heavy atom. The molecule has 0 saturated heterocycles. The lowest BCUT2D eigenvalue weighted by molar-refractivity contribution is 0.103. The number of hydrogen-bond donors (Lipinski definition) is 1. The molecule has 0 atom stereocenters. The third-order valence-corrected chi connectivity index (χ3v) is 6.22. The predicted molar refractivity (Wildman–Crippen MR) is 105 cm³/mol. The first-order valence-electron chi connectivity index (χ1n) is 7.27. The van der Waals surface area contributed by atoms with Gasteiger partial charge in [-0.05, 0) is 52.5 Å². The smallest absolute Gasteiger partial charge is 0.268 e. The number of benzene rings is 1. The predicted octanol–water partition coefficient (Wildman–Crippen LogP) is 5.21. The summed E-state index contributed by atoms with van der Waals surface area (Å²) in [7, 11) is 3.20. The van der Waals surface area contributed by atoms with Gasteiger partial charge < -0.3 is 9.47 Å². The van der Waals surface area contributed by atoms with Crippen LogP contribution in [-0.4, -0.2) is 25.1 Å². The maximum Gasteiger partial charge on any atom is 0.268 e. The first-order valence-corrected chi connectivity index (χ1v) is 9.76. The third kappa shape index (κ3) is 3.70. The molecule has 3 aromatic rings. The number of anilines is 1. The van der Waals surface area contributed by atoms with E-state index in [4.69, 9.17) is 9.47 Å². The van der Waals surface area contributed by atoms with Gasteiger partial charge in [-0.25, -0.2) is 4.98 Å². The summed E-state index contributed by atoms with van der Waals surface area (Å²) in [5.41, 5.74) is 1.72. The number of aryl methyl sites for hydroxylation is 1. The minimum Gasteiger partial charge on any atom is -0.493 e. The second-order valence-corrected chi connectivity index (χ2v) is 8.02. The van der Waals surface area contributed by atoms with E-state index in [2.05, 4.69) is 26.2 Å². The van der Waals surface area contributed by atoms with Crippen LogP contribution >= 0.6 is 38.6 Å². The fourth-order valence-electron chi connectivity index (χ4n) is 2.31. The van der Waals surface area contributed by atoms with Gasteiger partial charge in [-0.3, -0.25) is 10.1 Å². The molecule has 2 aromatic heterocycles. The molecule has 0 fully saturated rings. The molecule has 0 aliphatic heterocycles. The third-order valence-electron chi connectivity index (χ3n) is 3.50. The van der Waals surface area contributed by atoms with Crippen molar-refractivity contribution in [1.29, 1.82) is 0 Å². The topological polar surface area (TPSA) is 60.5 Å². The van der Waals surface area contributed by atoms with Crippen LogP contribution in [-0.2, 0) is 0 Å². The normalized spacial score (nSPS) is 10.6. The first kappa shape index (κ1) is 17.9. The first-order chi connectivity index (χ1) is 12.0. The van der Waals surface area contributed by atoms with Crippen molar-refractivity contribution in [2.75, 3.05) is 19.5 Å². The summed E-state index contributed by atoms with van der Waals surface area (Å²) in [4.78, 5) is 18.5. The summed E-state index contributed by atoms with van der Waals surface area (Å²) in [6.07, 6.45) is 0. The Labute approximate surface area is 161 Å². The van der Waals surface area contributed by atoms with Gasteiger partial charge in [0.2, 0.25) is 0 Å². The minimum atomic E-state index is -0.172. The monoisotopic (exact) mass is 438 g/mol. The maximum atomic E-state index is 12.3. The van der Waals surface area contributed by atoms with Gasteiger partial charge in [0.25, 0.3) is 5.91 Å². The molecule has 0 bridgehead atoms. The van der Waals surface area contributed by atoms with E-state index >= 15 is 0 Å². The zero-order valence-electron chi connectivity index (χ0n) is 13.8. The molecule has 3 rings (SSSR count). The van der Waals surface area contributed by atoms with Crippen molar-refractivity contribution < 1.29 is 14.3 Å². The number of ether oxygens (including phenoxy) is 2. The molecule has 2 heterocycles. The number of thiophene rings is 1. The quantitative estimate of drug-likeness (QED) is 0.593. The van der Waals surface area contributed by atoms with Crippen molar-refractivity contribution >= 4 is 49.6 Å². The minimum absolute atomic E-state index is 0.172. The molecular weight excluding hydrogens is 424 g/mol. The molecule has 5 nitrogen and oxygen atoms in total. The standard InChI is InChI=1S/C17H15BrN2O3S2/c1-9-14(10-4-5-12(22-2)13(8-10)23-3)19-17(25-9)20-16(21)15-11(18)6-7-24-15/h4-8H,1-3H3,(H,19,20,21). The van der Waals surface area contributed by atoms with Gasteiger partial charge in [0.05, 0.1) is 19.9 Å². The van der Waals surface area contributed by atoms with Crippen LogP contribution in [0.25, 0.3) is 11.3 Å². The molecule has 1 aromatic carbocycles. The molecule has 0 radical (unpaired) electrons. The number of amides is 1. The molecule has 0 spiro atoms. The Bertz CT molecular complexity index is 921. The van der Waals surface area contributed by atoms with Crippen molar-refractivity contribution in [2.45, 2.75) is 6.92 Å². The SMILES string of the molecule is COc1ccc(-c2nc(NC(=O)c3sccc3Br)sc2C)cc1OC. The number of methoxy groups -OCH3 is 2. The zero-order chi connectivity index (χ0) is 18.0. The molecule has 130 valence electrons. The van der Waals surface area contributed by atoms with E-state index in [9.17, 15) is 4.79 Å². The van der Waals surface area contributed by atoms with Gasteiger partial charge in [-0.2, -0.15) is 0 Å². The van der Waals surface area contributed by atoms with Crippen LogP contribution in [0.3, 0.4) is 0 Å².